The lowest BCUT2D eigenvalue weighted by molar-refractivity contribution is -0.118. The fourth-order valence-corrected chi connectivity index (χ4v) is 5.79. The first kappa shape index (κ1) is 20.5. The molecule has 9 heteroatoms. The number of rotatable bonds is 0. The summed E-state index contributed by atoms with van der Waals surface area (Å²) in [7, 11) is 0. The Kier molecular flexibility index (Phi) is 4.78. The normalized spacial score (nSPS) is 25.5. The third-order valence-electron chi connectivity index (χ3n) is 7.49. The molecule has 35 heavy (non-hydrogen) atoms. The number of benzene rings is 1. The van der Waals surface area contributed by atoms with Crippen molar-refractivity contribution in [2.45, 2.75) is 37.3 Å². The maximum atomic E-state index is 12.6. The van der Waals surface area contributed by atoms with Crippen LogP contribution in [0.15, 0.2) is 55.1 Å². The van der Waals surface area contributed by atoms with E-state index in [-0.39, 0.29) is 18.6 Å². The maximum Gasteiger partial charge on any atom is 0.262 e. The molecule has 0 radical (unpaired) electrons. The molecule has 0 spiro atoms. The molecule has 8 bridgehead atoms. The van der Waals surface area contributed by atoms with Crippen LogP contribution >= 0.6 is 0 Å². The van der Waals surface area contributed by atoms with E-state index in [9.17, 15) is 4.79 Å². The average molecular weight is 468 g/mol. The van der Waals surface area contributed by atoms with Crippen molar-refractivity contribution in [1.82, 2.24) is 30.8 Å². The molecule has 4 aromatic rings. The van der Waals surface area contributed by atoms with Crippen molar-refractivity contribution in [3.63, 3.8) is 0 Å². The monoisotopic (exact) mass is 467 g/mol. The Morgan fingerprint density at radius 1 is 1.00 bits per heavy atom. The molecule has 3 aromatic heterocycles. The van der Waals surface area contributed by atoms with Crippen molar-refractivity contribution in [2.75, 3.05) is 11.9 Å². The Balaban J connectivity index is 1.35. The quantitative estimate of drug-likeness (QED) is 0.313. The smallest absolute Gasteiger partial charge is 0.262 e. The first-order valence-electron chi connectivity index (χ1n) is 12.0. The minimum atomic E-state index is -0.218. The van der Waals surface area contributed by atoms with Crippen molar-refractivity contribution in [3.05, 3.63) is 66.5 Å². The molecule has 1 saturated carbocycles. The molecule has 176 valence electrons. The standard InChI is InChI=1S/C26H25N7O2/c34-23-13-35-18-3-1-2-15(7-18)20-11-28-12-22-24(20)31-26(30-22)25-19-8-14(4-5-21(19)32-33-25)16-6-17(29-23)10-27-9-16/h1-3,6-7,9-12,14,19,21,25,32-33H,4-5,8,13H2,(H,29,34)(H,30,31). The number of nitrogens with one attached hydrogen (secondary N) is 4. The number of aromatic amines is 1. The molecule has 1 aromatic carbocycles. The molecule has 4 atom stereocenters. The van der Waals surface area contributed by atoms with E-state index in [1.54, 1.807) is 6.20 Å². The van der Waals surface area contributed by atoms with Gasteiger partial charge in [-0.1, -0.05) is 12.1 Å². The zero-order chi connectivity index (χ0) is 23.4. The van der Waals surface area contributed by atoms with Gasteiger partial charge in [-0.05, 0) is 60.4 Å². The number of aromatic nitrogens is 4. The van der Waals surface area contributed by atoms with Crippen molar-refractivity contribution < 1.29 is 9.53 Å². The van der Waals surface area contributed by atoms with Crippen molar-refractivity contribution >= 4 is 22.6 Å². The zero-order valence-electron chi connectivity index (χ0n) is 19.0. The number of fused-ring (bicyclic) bond motifs is 9. The molecule has 3 aliphatic rings. The van der Waals surface area contributed by atoms with Gasteiger partial charge in [0.1, 0.15) is 11.6 Å². The summed E-state index contributed by atoms with van der Waals surface area (Å²) in [5, 5.41) is 2.94. The molecule has 9 nitrogen and oxygen atoms in total. The fourth-order valence-electron chi connectivity index (χ4n) is 5.79. The maximum absolute atomic E-state index is 12.6. The lowest BCUT2D eigenvalue weighted by atomic mass is 9.73. The number of nitrogens with zero attached hydrogens (tertiary/aromatic N) is 3. The molecule has 2 aliphatic heterocycles. The Morgan fingerprint density at radius 3 is 2.91 bits per heavy atom. The van der Waals surface area contributed by atoms with Gasteiger partial charge >= 0.3 is 0 Å². The number of hydrogen-bond acceptors (Lipinski definition) is 7. The van der Waals surface area contributed by atoms with Gasteiger partial charge in [-0.25, -0.2) is 10.4 Å². The van der Waals surface area contributed by atoms with Gasteiger partial charge in [0.05, 0.1) is 35.2 Å². The van der Waals surface area contributed by atoms with E-state index in [2.05, 4.69) is 31.1 Å². The predicted molar refractivity (Wildman–Crippen MR) is 131 cm³/mol. The highest BCUT2D eigenvalue weighted by Gasteiger charge is 2.42. The van der Waals surface area contributed by atoms with E-state index in [0.717, 1.165) is 52.8 Å². The zero-order valence-corrected chi connectivity index (χ0v) is 19.0. The second-order valence-electron chi connectivity index (χ2n) is 9.62. The summed E-state index contributed by atoms with van der Waals surface area (Å²) in [4.78, 5) is 30.1. The minimum Gasteiger partial charge on any atom is -0.484 e. The van der Waals surface area contributed by atoms with Gasteiger partial charge in [0, 0.05) is 24.0 Å². The predicted octanol–water partition coefficient (Wildman–Crippen LogP) is 3.45. The lowest BCUT2D eigenvalue weighted by Crippen LogP contribution is -2.34. The second-order valence-corrected chi connectivity index (χ2v) is 9.62. The molecule has 1 aliphatic carbocycles. The van der Waals surface area contributed by atoms with Gasteiger partial charge in [-0.2, -0.15) is 0 Å². The Labute approximate surface area is 201 Å². The van der Waals surface area contributed by atoms with E-state index in [1.807, 2.05) is 48.9 Å². The third kappa shape index (κ3) is 3.64. The first-order valence-corrected chi connectivity index (χ1v) is 12.0. The minimum absolute atomic E-state index is 0.0624. The van der Waals surface area contributed by atoms with Crippen LogP contribution in [0.4, 0.5) is 5.69 Å². The van der Waals surface area contributed by atoms with Crippen LogP contribution < -0.4 is 20.9 Å². The second kappa shape index (κ2) is 8.14. The number of carbonyl (C=O) groups is 1. The van der Waals surface area contributed by atoms with Gasteiger partial charge in [-0.15, -0.1) is 0 Å². The van der Waals surface area contributed by atoms with E-state index in [4.69, 9.17) is 9.72 Å². The molecule has 1 saturated heterocycles. The van der Waals surface area contributed by atoms with Crippen LogP contribution in [-0.4, -0.2) is 38.5 Å². The van der Waals surface area contributed by atoms with Crippen molar-refractivity contribution in [1.29, 1.82) is 0 Å². The number of imidazole rings is 1. The highest BCUT2D eigenvalue weighted by atomic mass is 16.5. The van der Waals surface area contributed by atoms with E-state index in [0.29, 0.717) is 29.3 Å². The lowest BCUT2D eigenvalue weighted by Gasteiger charge is -2.33. The summed E-state index contributed by atoms with van der Waals surface area (Å²) in [6.07, 6.45) is 10.4. The van der Waals surface area contributed by atoms with Crippen LogP contribution in [0.1, 0.15) is 42.6 Å². The number of ether oxygens (including phenoxy) is 1. The largest absolute Gasteiger partial charge is 0.484 e. The van der Waals surface area contributed by atoms with Crippen LogP contribution in [0.25, 0.3) is 22.2 Å². The summed E-state index contributed by atoms with van der Waals surface area (Å²) in [6, 6.07) is 10.2. The van der Waals surface area contributed by atoms with Crippen LogP contribution in [-0.2, 0) is 4.79 Å². The average Bonchev–Trinajstić information content (AvgIpc) is 3.51. The third-order valence-corrected chi connectivity index (χ3v) is 7.49. The molecular formula is C26H25N7O2. The van der Waals surface area contributed by atoms with Crippen LogP contribution in [0.2, 0.25) is 0 Å². The first-order chi connectivity index (χ1) is 17.2. The van der Waals surface area contributed by atoms with E-state index >= 15 is 0 Å². The topological polar surface area (TPSA) is 117 Å². The summed E-state index contributed by atoms with van der Waals surface area (Å²) in [6.45, 7) is -0.0884. The van der Waals surface area contributed by atoms with Gasteiger partial charge in [0.25, 0.3) is 5.91 Å². The Bertz CT molecular complexity index is 1430. The molecular weight excluding hydrogens is 442 g/mol. The Morgan fingerprint density at radius 2 is 1.94 bits per heavy atom. The van der Waals surface area contributed by atoms with Crippen molar-refractivity contribution in [2.24, 2.45) is 5.92 Å². The van der Waals surface area contributed by atoms with Gasteiger partial charge in [0.2, 0.25) is 0 Å². The van der Waals surface area contributed by atoms with E-state index in [1.165, 1.54) is 0 Å². The van der Waals surface area contributed by atoms with Crippen LogP contribution in [0.5, 0.6) is 5.75 Å². The highest BCUT2D eigenvalue weighted by molar-refractivity contribution is 5.92. The summed E-state index contributed by atoms with van der Waals surface area (Å²) >= 11 is 0. The van der Waals surface area contributed by atoms with Crippen LogP contribution in [0.3, 0.4) is 0 Å². The summed E-state index contributed by atoms with van der Waals surface area (Å²) in [5.41, 5.74) is 12.5. The van der Waals surface area contributed by atoms with Gasteiger partial charge in [0.15, 0.2) is 6.61 Å². The van der Waals surface area contributed by atoms with Crippen LogP contribution in [0, 0.1) is 5.92 Å². The highest BCUT2D eigenvalue weighted by Crippen LogP contribution is 2.44. The van der Waals surface area contributed by atoms with E-state index < -0.39 is 0 Å². The number of carbonyl (C=O) groups excluding carboxylic acids is 1. The summed E-state index contributed by atoms with van der Waals surface area (Å²) in [5.74, 6) is 2.05. The van der Waals surface area contributed by atoms with Gasteiger partial charge < -0.3 is 15.0 Å². The molecule has 7 rings (SSSR count). The molecule has 4 N–H and O–H groups in total. The molecule has 2 fully saturated rings. The molecule has 1 amide bonds. The number of amides is 1. The van der Waals surface area contributed by atoms with Gasteiger partial charge in [-0.3, -0.25) is 20.2 Å². The molecule has 4 unspecified atom stereocenters. The molecule has 5 heterocycles. The fraction of sp³-hybridized carbons (Fsp3) is 0.308. The number of pyridine rings is 2. The Hall–Kier alpha value is -3.82. The number of anilines is 1. The summed E-state index contributed by atoms with van der Waals surface area (Å²) < 4.78 is 5.81. The number of H-pyrrole nitrogens is 1. The number of hydrazine groups is 1. The number of hydrogen-bond donors (Lipinski definition) is 4. The van der Waals surface area contributed by atoms with Crippen molar-refractivity contribution in [3.8, 4) is 16.9 Å². The SMILES string of the molecule is O=C1COc2cccc(c2)-c2cncc3[nH]c(nc23)C2NNC3CCC(CC32)c2cncc(c2)N1.